The topological polar surface area (TPSA) is 96.0 Å². The van der Waals surface area contributed by atoms with Gasteiger partial charge in [-0.3, -0.25) is 13.9 Å². The third-order valence-electron chi connectivity index (χ3n) is 5.02. The molecular weight excluding hydrogens is 510 g/mol. The van der Waals surface area contributed by atoms with Crippen LogP contribution in [0.15, 0.2) is 53.0 Å². The molecule has 0 saturated carbocycles. The second kappa shape index (κ2) is 12.0. The zero-order chi connectivity index (χ0) is 24.6. The molecule has 0 radical (unpaired) electrons. The van der Waals surface area contributed by atoms with Gasteiger partial charge < -0.3 is 15.0 Å². The number of hydrogen-bond donors (Lipinski definition) is 1. The van der Waals surface area contributed by atoms with Crippen LogP contribution in [0, 0.1) is 0 Å². The number of hydrogen-bond acceptors (Lipinski definition) is 5. The van der Waals surface area contributed by atoms with Crippen molar-refractivity contribution in [2.45, 2.75) is 32.9 Å². The van der Waals surface area contributed by atoms with Gasteiger partial charge in [-0.2, -0.15) is 0 Å². The summed E-state index contributed by atoms with van der Waals surface area (Å²) in [6.45, 7) is 3.72. The number of rotatable bonds is 11. The van der Waals surface area contributed by atoms with Crippen molar-refractivity contribution in [1.82, 2.24) is 10.2 Å². The fraction of sp³-hybridized carbons (Fsp3) is 0.391. The monoisotopic (exact) mass is 539 g/mol. The number of benzene rings is 2. The number of ether oxygens (including phenoxy) is 1. The second-order valence-corrected chi connectivity index (χ2v) is 10.2. The van der Waals surface area contributed by atoms with E-state index in [4.69, 9.17) is 4.74 Å². The normalized spacial score (nSPS) is 12.0. The molecule has 33 heavy (non-hydrogen) atoms. The maximum absolute atomic E-state index is 13.5. The largest absolute Gasteiger partial charge is 0.497 e. The van der Waals surface area contributed by atoms with Crippen molar-refractivity contribution in [2.24, 2.45) is 0 Å². The third-order valence-corrected chi connectivity index (χ3v) is 6.82. The van der Waals surface area contributed by atoms with Crippen LogP contribution in [0.3, 0.4) is 0 Å². The molecule has 180 valence electrons. The van der Waals surface area contributed by atoms with Gasteiger partial charge in [-0.05, 0) is 59.1 Å². The molecule has 0 unspecified atom stereocenters. The summed E-state index contributed by atoms with van der Waals surface area (Å²) in [6, 6.07) is 13.2. The van der Waals surface area contributed by atoms with Gasteiger partial charge in [-0.1, -0.05) is 31.2 Å². The van der Waals surface area contributed by atoms with Crippen molar-refractivity contribution in [3.8, 4) is 5.75 Å². The molecule has 0 bridgehead atoms. The van der Waals surface area contributed by atoms with Crippen LogP contribution in [0.25, 0.3) is 0 Å². The van der Waals surface area contributed by atoms with Crippen LogP contribution in [-0.2, 0) is 26.2 Å². The quantitative estimate of drug-likeness (QED) is 0.473. The standard InChI is InChI=1S/C23H30BrN3O5S/c1-5-20(23(29)25-6-2)26(15-17-10-9-11-18(14-17)32-3)22(28)16-27(33(4,30)31)21-13-8-7-12-19(21)24/h7-14,20H,5-6,15-16H2,1-4H3,(H,25,29)/t20-/m0/s1. The van der Waals surface area contributed by atoms with Gasteiger partial charge in [0.1, 0.15) is 18.3 Å². The van der Waals surface area contributed by atoms with E-state index < -0.39 is 28.5 Å². The average molecular weight is 540 g/mol. The summed E-state index contributed by atoms with van der Waals surface area (Å²) in [5.41, 5.74) is 1.11. The van der Waals surface area contributed by atoms with Crippen LogP contribution in [0.4, 0.5) is 5.69 Å². The number of nitrogens with zero attached hydrogens (tertiary/aromatic N) is 2. The van der Waals surface area contributed by atoms with Crippen LogP contribution in [-0.4, -0.2) is 57.6 Å². The fourth-order valence-electron chi connectivity index (χ4n) is 3.43. The van der Waals surface area contributed by atoms with Crippen LogP contribution in [0.5, 0.6) is 5.75 Å². The van der Waals surface area contributed by atoms with E-state index in [1.54, 1.807) is 56.5 Å². The van der Waals surface area contributed by atoms with E-state index in [2.05, 4.69) is 21.2 Å². The van der Waals surface area contributed by atoms with Crippen molar-refractivity contribution < 1.29 is 22.7 Å². The van der Waals surface area contributed by atoms with E-state index in [1.165, 1.54) is 4.90 Å². The highest BCUT2D eigenvalue weighted by atomic mass is 79.9. The summed E-state index contributed by atoms with van der Waals surface area (Å²) in [4.78, 5) is 27.7. The van der Waals surface area contributed by atoms with Gasteiger partial charge in [-0.25, -0.2) is 8.42 Å². The Morgan fingerprint density at radius 3 is 2.39 bits per heavy atom. The van der Waals surface area contributed by atoms with Gasteiger partial charge in [0.25, 0.3) is 0 Å². The summed E-state index contributed by atoms with van der Waals surface area (Å²) in [5.74, 6) is -0.155. The Balaban J connectivity index is 2.46. The predicted molar refractivity (Wildman–Crippen MR) is 133 cm³/mol. The molecule has 1 N–H and O–H groups in total. The highest BCUT2D eigenvalue weighted by Crippen LogP contribution is 2.28. The molecule has 0 spiro atoms. The highest BCUT2D eigenvalue weighted by Gasteiger charge is 2.32. The van der Waals surface area contributed by atoms with Crippen molar-refractivity contribution in [2.75, 3.05) is 30.8 Å². The van der Waals surface area contributed by atoms with Crippen molar-refractivity contribution in [1.29, 1.82) is 0 Å². The van der Waals surface area contributed by atoms with Crippen molar-refractivity contribution in [3.05, 3.63) is 58.6 Å². The maximum atomic E-state index is 13.5. The molecule has 10 heteroatoms. The van der Waals surface area contributed by atoms with E-state index in [0.717, 1.165) is 16.1 Å². The van der Waals surface area contributed by atoms with Crippen LogP contribution < -0.4 is 14.4 Å². The number of carbonyl (C=O) groups excluding carboxylic acids is 2. The van der Waals surface area contributed by atoms with Crippen LogP contribution >= 0.6 is 15.9 Å². The summed E-state index contributed by atoms with van der Waals surface area (Å²) in [6.07, 6.45) is 1.42. The molecule has 0 saturated heterocycles. The lowest BCUT2D eigenvalue weighted by Gasteiger charge is -2.33. The summed E-state index contributed by atoms with van der Waals surface area (Å²) < 4.78 is 32.1. The zero-order valence-corrected chi connectivity index (χ0v) is 21.6. The molecule has 1 atom stereocenters. The summed E-state index contributed by atoms with van der Waals surface area (Å²) >= 11 is 3.36. The lowest BCUT2D eigenvalue weighted by molar-refractivity contribution is -0.140. The predicted octanol–water partition coefficient (Wildman–Crippen LogP) is 3.17. The maximum Gasteiger partial charge on any atom is 0.244 e. The molecular formula is C23H30BrN3O5S. The first-order chi connectivity index (χ1) is 15.6. The molecule has 8 nitrogen and oxygen atoms in total. The average Bonchev–Trinajstić information content (AvgIpc) is 2.77. The molecule has 2 amide bonds. The molecule has 0 fully saturated rings. The Kier molecular flexibility index (Phi) is 9.72. The Morgan fingerprint density at radius 2 is 1.82 bits per heavy atom. The number of carbonyl (C=O) groups is 2. The zero-order valence-electron chi connectivity index (χ0n) is 19.2. The van der Waals surface area contributed by atoms with E-state index >= 15 is 0 Å². The number of methoxy groups -OCH3 is 1. The Morgan fingerprint density at radius 1 is 1.12 bits per heavy atom. The number of amides is 2. The molecule has 0 aliphatic heterocycles. The molecule has 2 aromatic rings. The number of nitrogens with one attached hydrogen (secondary N) is 1. The minimum Gasteiger partial charge on any atom is -0.497 e. The fourth-order valence-corrected chi connectivity index (χ4v) is 4.91. The smallest absolute Gasteiger partial charge is 0.244 e. The van der Waals surface area contributed by atoms with Gasteiger partial charge >= 0.3 is 0 Å². The van der Waals surface area contributed by atoms with E-state index in [0.29, 0.717) is 28.9 Å². The van der Waals surface area contributed by atoms with Gasteiger partial charge in [-0.15, -0.1) is 0 Å². The minimum absolute atomic E-state index is 0.124. The molecule has 2 aromatic carbocycles. The summed E-state index contributed by atoms with van der Waals surface area (Å²) in [5, 5.41) is 2.77. The molecule has 0 aromatic heterocycles. The van der Waals surface area contributed by atoms with E-state index in [9.17, 15) is 18.0 Å². The Bertz CT molecular complexity index is 1080. The number of likely N-dealkylation sites (N-methyl/N-ethyl adjacent to an activating group) is 1. The van der Waals surface area contributed by atoms with Gasteiger partial charge in [0.05, 0.1) is 19.1 Å². The Hall–Kier alpha value is -2.59. The van der Waals surface area contributed by atoms with Crippen molar-refractivity contribution in [3.63, 3.8) is 0 Å². The molecule has 0 aliphatic rings. The number of para-hydroxylation sites is 1. The minimum atomic E-state index is -3.78. The van der Waals surface area contributed by atoms with E-state index in [-0.39, 0.29) is 12.5 Å². The van der Waals surface area contributed by atoms with Gasteiger partial charge in [0, 0.05) is 17.6 Å². The van der Waals surface area contributed by atoms with Crippen LogP contribution in [0.2, 0.25) is 0 Å². The van der Waals surface area contributed by atoms with Gasteiger partial charge in [0.2, 0.25) is 21.8 Å². The highest BCUT2D eigenvalue weighted by molar-refractivity contribution is 9.10. The first-order valence-electron chi connectivity index (χ1n) is 10.5. The lowest BCUT2D eigenvalue weighted by Crippen LogP contribution is -2.52. The number of sulfonamides is 1. The summed E-state index contributed by atoms with van der Waals surface area (Å²) in [7, 11) is -2.23. The Labute approximate surface area is 204 Å². The molecule has 0 heterocycles. The second-order valence-electron chi connectivity index (χ2n) is 7.41. The number of halogens is 1. The lowest BCUT2D eigenvalue weighted by atomic mass is 10.1. The molecule has 2 rings (SSSR count). The first-order valence-corrected chi connectivity index (χ1v) is 13.2. The number of anilines is 1. The van der Waals surface area contributed by atoms with E-state index in [1.807, 2.05) is 13.0 Å². The third kappa shape index (κ3) is 7.20. The SMILES string of the molecule is CCNC(=O)[C@H](CC)N(Cc1cccc(OC)c1)C(=O)CN(c1ccccc1Br)S(C)(=O)=O. The van der Waals surface area contributed by atoms with Crippen LogP contribution in [0.1, 0.15) is 25.8 Å². The van der Waals surface area contributed by atoms with Gasteiger partial charge in [0.15, 0.2) is 0 Å². The first kappa shape index (κ1) is 26.7. The van der Waals surface area contributed by atoms with Crippen molar-refractivity contribution >= 4 is 43.5 Å². The molecule has 0 aliphatic carbocycles.